The van der Waals surface area contributed by atoms with Crippen LogP contribution < -0.4 is 4.74 Å². The van der Waals surface area contributed by atoms with E-state index in [0.717, 1.165) is 25.9 Å². The van der Waals surface area contributed by atoms with Crippen LogP contribution in [-0.2, 0) is 16.1 Å². The standard InChI is InChI=1S/C15H20FNO4/c1-20-13-3-2-11(14(16)8-13)9-17-6-4-12(5-7-17)21-10-15(18)19/h2-3,8,12H,4-7,9-10H2,1H3,(H,18,19). The first-order valence-corrected chi connectivity index (χ1v) is 6.96. The third-order valence-electron chi connectivity index (χ3n) is 3.63. The zero-order valence-electron chi connectivity index (χ0n) is 12.0. The molecule has 6 heteroatoms. The van der Waals surface area contributed by atoms with Gasteiger partial charge in [-0.2, -0.15) is 0 Å². The maximum Gasteiger partial charge on any atom is 0.329 e. The number of halogens is 1. The number of carbonyl (C=O) groups is 1. The molecule has 0 aliphatic carbocycles. The van der Waals surface area contributed by atoms with Crippen molar-refractivity contribution in [2.75, 3.05) is 26.8 Å². The third-order valence-corrected chi connectivity index (χ3v) is 3.63. The lowest BCUT2D eigenvalue weighted by atomic mass is 10.1. The van der Waals surface area contributed by atoms with Crippen molar-refractivity contribution >= 4 is 5.97 Å². The van der Waals surface area contributed by atoms with E-state index in [1.165, 1.54) is 13.2 Å². The fourth-order valence-electron chi connectivity index (χ4n) is 2.45. The quantitative estimate of drug-likeness (QED) is 0.869. The average Bonchev–Trinajstić information content (AvgIpc) is 2.48. The van der Waals surface area contributed by atoms with Crippen LogP contribution in [0.4, 0.5) is 4.39 Å². The molecule has 0 amide bonds. The Kier molecular flexibility index (Phi) is 5.52. The molecule has 1 heterocycles. The van der Waals surface area contributed by atoms with E-state index in [1.807, 2.05) is 0 Å². The van der Waals surface area contributed by atoms with Gasteiger partial charge in [0, 0.05) is 31.3 Å². The number of hydrogen-bond acceptors (Lipinski definition) is 4. The lowest BCUT2D eigenvalue weighted by Gasteiger charge is -2.31. The molecule has 0 atom stereocenters. The predicted octanol–water partition coefficient (Wildman–Crippen LogP) is 1.90. The molecule has 0 spiro atoms. The highest BCUT2D eigenvalue weighted by Gasteiger charge is 2.21. The molecule has 1 fully saturated rings. The van der Waals surface area contributed by atoms with Gasteiger partial charge in [-0.3, -0.25) is 4.90 Å². The number of carboxylic acid groups (broad SMARTS) is 1. The highest BCUT2D eigenvalue weighted by Crippen LogP contribution is 2.20. The number of piperidine rings is 1. The van der Waals surface area contributed by atoms with E-state index < -0.39 is 5.97 Å². The van der Waals surface area contributed by atoms with Crippen LogP contribution >= 0.6 is 0 Å². The molecule has 1 aliphatic rings. The zero-order valence-corrected chi connectivity index (χ0v) is 12.0. The summed E-state index contributed by atoms with van der Waals surface area (Å²) in [5.74, 6) is -0.701. The summed E-state index contributed by atoms with van der Waals surface area (Å²) in [5.41, 5.74) is 0.640. The second kappa shape index (κ2) is 7.38. The van der Waals surface area contributed by atoms with Crippen LogP contribution in [0.25, 0.3) is 0 Å². The molecule has 5 nitrogen and oxygen atoms in total. The van der Waals surface area contributed by atoms with Crippen LogP contribution in [-0.4, -0.2) is 48.9 Å². The lowest BCUT2D eigenvalue weighted by molar-refractivity contribution is -0.145. The molecule has 1 N–H and O–H groups in total. The van der Waals surface area contributed by atoms with Gasteiger partial charge in [0.15, 0.2) is 0 Å². The van der Waals surface area contributed by atoms with Crippen molar-refractivity contribution in [3.8, 4) is 5.75 Å². The Morgan fingerprint density at radius 2 is 2.14 bits per heavy atom. The van der Waals surface area contributed by atoms with Gasteiger partial charge < -0.3 is 14.6 Å². The maximum absolute atomic E-state index is 13.9. The number of ether oxygens (including phenoxy) is 2. The summed E-state index contributed by atoms with van der Waals surface area (Å²) < 4.78 is 24.1. The molecule has 116 valence electrons. The van der Waals surface area contributed by atoms with Crippen LogP contribution in [0, 0.1) is 5.82 Å². The summed E-state index contributed by atoms with van der Waals surface area (Å²) in [5, 5.41) is 8.58. The van der Waals surface area contributed by atoms with Crippen LogP contribution in [0.15, 0.2) is 18.2 Å². The van der Waals surface area contributed by atoms with Crippen molar-refractivity contribution in [2.45, 2.75) is 25.5 Å². The van der Waals surface area contributed by atoms with Crippen molar-refractivity contribution in [1.29, 1.82) is 0 Å². The molecular weight excluding hydrogens is 277 g/mol. The van der Waals surface area contributed by atoms with Crippen LogP contribution in [0.1, 0.15) is 18.4 Å². The molecule has 0 radical (unpaired) electrons. The molecule has 1 aliphatic heterocycles. The second-order valence-electron chi connectivity index (χ2n) is 5.14. The molecular formula is C15H20FNO4. The van der Waals surface area contributed by atoms with E-state index >= 15 is 0 Å². The molecule has 2 rings (SSSR count). The first-order chi connectivity index (χ1) is 10.1. The Morgan fingerprint density at radius 3 is 2.71 bits per heavy atom. The Morgan fingerprint density at radius 1 is 1.43 bits per heavy atom. The van der Waals surface area contributed by atoms with E-state index in [1.54, 1.807) is 12.1 Å². The second-order valence-corrected chi connectivity index (χ2v) is 5.14. The van der Waals surface area contributed by atoms with Crippen LogP contribution in [0.2, 0.25) is 0 Å². The SMILES string of the molecule is COc1ccc(CN2CCC(OCC(=O)O)CC2)c(F)c1. The van der Waals surface area contributed by atoms with E-state index in [0.29, 0.717) is 17.9 Å². The molecule has 1 aromatic carbocycles. The maximum atomic E-state index is 13.9. The average molecular weight is 297 g/mol. The largest absolute Gasteiger partial charge is 0.497 e. The van der Waals surface area contributed by atoms with Gasteiger partial charge in [0.2, 0.25) is 0 Å². The molecule has 21 heavy (non-hydrogen) atoms. The molecule has 0 unspecified atom stereocenters. The molecule has 0 saturated carbocycles. The Balaban J connectivity index is 1.82. The van der Waals surface area contributed by atoms with Crippen molar-refractivity contribution in [3.63, 3.8) is 0 Å². The summed E-state index contributed by atoms with van der Waals surface area (Å²) in [7, 11) is 1.51. The summed E-state index contributed by atoms with van der Waals surface area (Å²) in [4.78, 5) is 12.6. The number of nitrogens with zero attached hydrogens (tertiary/aromatic N) is 1. The number of methoxy groups -OCH3 is 1. The smallest absolute Gasteiger partial charge is 0.329 e. The van der Waals surface area contributed by atoms with Crippen molar-refractivity contribution in [1.82, 2.24) is 4.90 Å². The van der Waals surface area contributed by atoms with E-state index in [4.69, 9.17) is 14.6 Å². The summed E-state index contributed by atoms with van der Waals surface area (Å²) in [6, 6.07) is 4.88. The number of benzene rings is 1. The number of carboxylic acids is 1. The van der Waals surface area contributed by atoms with Crippen molar-refractivity contribution in [3.05, 3.63) is 29.6 Å². The van der Waals surface area contributed by atoms with Crippen LogP contribution in [0.3, 0.4) is 0 Å². The monoisotopic (exact) mass is 297 g/mol. The minimum atomic E-state index is -0.947. The molecule has 0 aromatic heterocycles. The van der Waals surface area contributed by atoms with E-state index in [9.17, 15) is 9.18 Å². The number of likely N-dealkylation sites (tertiary alicyclic amines) is 1. The third kappa shape index (κ3) is 4.68. The van der Waals surface area contributed by atoms with Gasteiger partial charge in [-0.1, -0.05) is 6.07 Å². The summed E-state index contributed by atoms with van der Waals surface area (Å²) in [6.45, 7) is 1.84. The Labute approximate surface area is 123 Å². The Bertz CT molecular complexity index is 487. The van der Waals surface area contributed by atoms with Gasteiger partial charge in [0.05, 0.1) is 13.2 Å². The minimum Gasteiger partial charge on any atom is -0.497 e. The summed E-state index contributed by atoms with van der Waals surface area (Å²) in [6.07, 6.45) is 1.52. The fraction of sp³-hybridized carbons (Fsp3) is 0.533. The first kappa shape index (κ1) is 15.7. The molecule has 0 bridgehead atoms. The summed E-state index contributed by atoms with van der Waals surface area (Å²) >= 11 is 0. The number of rotatable bonds is 6. The highest BCUT2D eigenvalue weighted by atomic mass is 19.1. The fourth-order valence-corrected chi connectivity index (χ4v) is 2.45. The number of aliphatic carboxylic acids is 1. The molecule has 1 aromatic rings. The minimum absolute atomic E-state index is 0.0157. The molecule has 1 saturated heterocycles. The van der Waals surface area contributed by atoms with Crippen LogP contribution in [0.5, 0.6) is 5.75 Å². The van der Waals surface area contributed by atoms with E-state index in [-0.39, 0.29) is 18.5 Å². The highest BCUT2D eigenvalue weighted by molar-refractivity contribution is 5.68. The van der Waals surface area contributed by atoms with E-state index in [2.05, 4.69) is 4.90 Å². The van der Waals surface area contributed by atoms with Gasteiger partial charge in [-0.25, -0.2) is 9.18 Å². The lowest BCUT2D eigenvalue weighted by Crippen LogP contribution is -2.37. The van der Waals surface area contributed by atoms with Gasteiger partial charge >= 0.3 is 5.97 Å². The normalized spacial score (nSPS) is 16.9. The van der Waals surface area contributed by atoms with Gasteiger partial charge in [0.1, 0.15) is 18.2 Å². The predicted molar refractivity (Wildman–Crippen MR) is 74.8 cm³/mol. The van der Waals surface area contributed by atoms with Gasteiger partial charge in [-0.15, -0.1) is 0 Å². The van der Waals surface area contributed by atoms with Crippen molar-refractivity contribution in [2.24, 2.45) is 0 Å². The Hall–Kier alpha value is -1.66. The van der Waals surface area contributed by atoms with Crippen molar-refractivity contribution < 1.29 is 23.8 Å². The first-order valence-electron chi connectivity index (χ1n) is 6.96. The number of hydrogen-bond donors (Lipinski definition) is 1. The topological polar surface area (TPSA) is 59.0 Å². The van der Waals surface area contributed by atoms with Gasteiger partial charge in [0.25, 0.3) is 0 Å². The zero-order chi connectivity index (χ0) is 15.2. The van der Waals surface area contributed by atoms with Gasteiger partial charge in [-0.05, 0) is 18.9 Å².